The molecular formula is C18H27N3O. The van der Waals surface area contributed by atoms with E-state index in [0.29, 0.717) is 5.92 Å². The molecule has 0 aliphatic carbocycles. The molecule has 1 amide bonds. The van der Waals surface area contributed by atoms with Crippen LogP contribution >= 0.6 is 0 Å². The van der Waals surface area contributed by atoms with Crippen molar-refractivity contribution in [2.24, 2.45) is 11.3 Å². The standard InChI is InChI=1S/C18H27N3O/c1-12(2)11-21-15-10-8-7-9-14(15)20-16(21)13(3)19-17(22)18(4,5)6/h7-10,12-13H,11H2,1-6H3,(H,19,22)/t13-/m0/s1. The van der Waals surface area contributed by atoms with Gasteiger partial charge in [0.1, 0.15) is 5.82 Å². The molecule has 0 bridgehead atoms. The molecule has 1 aromatic heterocycles. The molecule has 0 unspecified atom stereocenters. The lowest BCUT2D eigenvalue weighted by molar-refractivity contribution is -0.129. The Bertz CT molecular complexity index is 665. The van der Waals surface area contributed by atoms with Crippen LogP contribution in [0.5, 0.6) is 0 Å². The van der Waals surface area contributed by atoms with Crippen molar-refractivity contribution in [3.63, 3.8) is 0 Å². The topological polar surface area (TPSA) is 46.9 Å². The Morgan fingerprint density at radius 1 is 1.23 bits per heavy atom. The number of para-hydroxylation sites is 2. The van der Waals surface area contributed by atoms with Gasteiger partial charge < -0.3 is 9.88 Å². The van der Waals surface area contributed by atoms with E-state index in [0.717, 1.165) is 23.4 Å². The van der Waals surface area contributed by atoms with Gasteiger partial charge in [0.15, 0.2) is 0 Å². The Hall–Kier alpha value is -1.84. The molecule has 1 aromatic carbocycles. The van der Waals surface area contributed by atoms with Gasteiger partial charge in [0.2, 0.25) is 5.91 Å². The van der Waals surface area contributed by atoms with Crippen molar-refractivity contribution in [3.05, 3.63) is 30.1 Å². The molecule has 2 aromatic rings. The van der Waals surface area contributed by atoms with Crippen LogP contribution in [0.4, 0.5) is 0 Å². The number of fused-ring (bicyclic) bond motifs is 1. The van der Waals surface area contributed by atoms with E-state index in [9.17, 15) is 4.79 Å². The average Bonchev–Trinajstić information content (AvgIpc) is 2.76. The second-order valence-electron chi connectivity index (χ2n) is 7.41. The van der Waals surface area contributed by atoms with Gasteiger partial charge in [0.25, 0.3) is 0 Å². The molecule has 1 atom stereocenters. The Kier molecular flexibility index (Phi) is 4.59. The van der Waals surface area contributed by atoms with E-state index in [-0.39, 0.29) is 11.9 Å². The molecule has 0 saturated heterocycles. The third kappa shape index (κ3) is 3.49. The Balaban J connectivity index is 2.39. The molecule has 0 saturated carbocycles. The molecule has 4 heteroatoms. The summed E-state index contributed by atoms with van der Waals surface area (Å²) in [5, 5.41) is 3.09. The summed E-state index contributed by atoms with van der Waals surface area (Å²) in [6, 6.07) is 8.03. The van der Waals surface area contributed by atoms with Gasteiger partial charge in [-0.25, -0.2) is 4.98 Å². The number of aromatic nitrogens is 2. The van der Waals surface area contributed by atoms with Gasteiger partial charge in [0, 0.05) is 12.0 Å². The fraction of sp³-hybridized carbons (Fsp3) is 0.556. The van der Waals surface area contributed by atoms with Crippen LogP contribution in [0.25, 0.3) is 11.0 Å². The molecule has 120 valence electrons. The smallest absolute Gasteiger partial charge is 0.225 e. The summed E-state index contributed by atoms with van der Waals surface area (Å²) in [7, 11) is 0. The zero-order valence-corrected chi connectivity index (χ0v) is 14.5. The van der Waals surface area contributed by atoms with Crippen LogP contribution in [0.3, 0.4) is 0 Å². The molecule has 0 radical (unpaired) electrons. The van der Waals surface area contributed by atoms with Gasteiger partial charge in [0.05, 0.1) is 17.1 Å². The minimum atomic E-state index is -0.400. The highest BCUT2D eigenvalue weighted by atomic mass is 16.2. The molecule has 22 heavy (non-hydrogen) atoms. The molecule has 0 fully saturated rings. The van der Waals surface area contributed by atoms with Gasteiger partial charge in [-0.2, -0.15) is 0 Å². The summed E-state index contributed by atoms with van der Waals surface area (Å²) >= 11 is 0. The van der Waals surface area contributed by atoms with E-state index < -0.39 is 5.41 Å². The van der Waals surface area contributed by atoms with Crippen LogP contribution in [0.1, 0.15) is 53.4 Å². The number of carbonyl (C=O) groups excluding carboxylic acids is 1. The maximum absolute atomic E-state index is 12.2. The van der Waals surface area contributed by atoms with Crippen LogP contribution in [0, 0.1) is 11.3 Å². The first-order valence-corrected chi connectivity index (χ1v) is 7.96. The lowest BCUT2D eigenvalue weighted by atomic mass is 9.95. The van der Waals surface area contributed by atoms with E-state index in [1.54, 1.807) is 0 Å². The summed E-state index contributed by atoms with van der Waals surface area (Å²) in [5.41, 5.74) is 1.71. The molecular weight excluding hydrogens is 274 g/mol. The van der Waals surface area contributed by atoms with Crippen molar-refractivity contribution >= 4 is 16.9 Å². The zero-order valence-electron chi connectivity index (χ0n) is 14.5. The molecule has 0 aliphatic heterocycles. The lowest BCUT2D eigenvalue weighted by Crippen LogP contribution is -2.37. The molecule has 0 aliphatic rings. The quantitative estimate of drug-likeness (QED) is 0.930. The van der Waals surface area contributed by atoms with Crippen molar-refractivity contribution in [3.8, 4) is 0 Å². The van der Waals surface area contributed by atoms with Crippen molar-refractivity contribution < 1.29 is 4.79 Å². The van der Waals surface area contributed by atoms with Crippen LogP contribution in [-0.2, 0) is 11.3 Å². The van der Waals surface area contributed by atoms with Gasteiger partial charge >= 0.3 is 0 Å². The number of hydrogen-bond donors (Lipinski definition) is 1. The maximum atomic E-state index is 12.2. The largest absolute Gasteiger partial charge is 0.346 e. The second kappa shape index (κ2) is 6.11. The predicted molar refractivity (Wildman–Crippen MR) is 90.6 cm³/mol. The minimum absolute atomic E-state index is 0.0446. The number of nitrogens with one attached hydrogen (secondary N) is 1. The first kappa shape index (κ1) is 16.5. The fourth-order valence-corrected chi connectivity index (χ4v) is 2.46. The zero-order chi connectivity index (χ0) is 16.5. The summed E-state index contributed by atoms with van der Waals surface area (Å²) in [6.07, 6.45) is 0. The first-order valence-electron chi connectivity index (χ1n) is 7.96. The summed E-state index contributed by atoms with van der Waals surface area (Å²) in [4.78, 5) is 17.0. The van der Waals surface area contributed by atoms with Crippen molar-refractivity contribution in [2.45, 2.75) is 54.1 Å². The normalized spacial score (nSPS) is 13.6. The van der Waals surface area contributed by atoms with Gasteiger partial charge in [-0.15, -0.1) is 0 Å². The number of nitrogens with zero attached hydrogens (tertiary/aromatic N) is 2. The molecule has 1 heterocycles. The number of imidazole rings is 1. The summed E-state index contributed by atoms with van der Waals surface area (Å²) < 4.78 is 2.23. The van der Waals surface area contributed by atoms with Crippen molar-refractivity contribution in [2.75, 3.05) is 0 Å². The minimum Gasteiger partial charge on any atom is -0.346 e. The summed E-state index contributed by atoms with van der Waals surface area (Å²) in [6.45, 7) is 13.0. The number of benzene rings is 1. The van der Waals surface area contributed by atoms with E-state index >= 15 is 0 Å². The van der Waals surface area contributed by atoms with E-state index in [1.165, 1.54) is 0 Å². The number of amides is 1. The highest BCUT2D eigenvalue weighted by Gasteiger charge is 2.25. The molecule has 1 N–H and O–H groups in total. The number of carbonyl (C=O) groups is 1. The lowest BCUT2D eigenvalue weighted by Gasteiger charge is -2.22. The Morgan fingerprint density at radius 3 is 2.45 bits per heavy atom. The number of hydrogen-bond acceptors (Lipinski definition) is 2. The number of rotatable bonds is 4. The molecule has 2 rings (SSSR count). The Labute approximate surface area is 132 Å². The average molecular weight is 301 g/mol. The SMILES string of the molecule is CC(C)Cn1c([C@H](C)NC(=O)C(C)(C)C)nc2ccccc21. The third-order valence-electron chi connectivity index (χ3n) is 3.65. The van der Waals surface area contributed by atoms with Crippen molar-refractivity contribution in [1.82, 2.24) is 14.9 Å². The summed E-state index contributed by atoms with van der Waals surface area (Å²) in [5.74, 6) is 1.48. The van der Waals surface area contributed by atoms with Crippen LogP contribution in [0.2, 0.25) is 0 Å². The third-order valence-corrected chi connectivity index (χ3v) is 3.65. The first-order chi connectivity index (χ1) is 10.2. The maximum Gasteiger partial charge on any atom is 0.225 e. The van der Waals surface area contributed by atoms with Crippen LogP contribution < -0.4 is 5.32 Å². The van der Waals surface area contributed by atoms with Crippen LogP contribution in [-0.4, -0.2) is 15.5 Å². The van der Waals surface area contributed by atoms with E-state index in [4.69, 9.17) is 4.98 Å². The van der Waals surface area contributed by atoms with Gasteiger partial charge in [-0.05, 0) is 25.0 Å². The van der Waals surface area contributed by atoms with E-state index in [1.807, 2.05) is 45.9 Å². The second-order valence-corrected chi connectivity index (χ2v) is 7.41. The highest BCUT2D eigenvalue weighted by Crippen LogP contribution is 2.23. The monoisotopic (exact) mass is 301 g/mol. The van der Waals surface area contributed by atoms with Gasteiger partial charge in [-0.1, -0.05) is 46.8 Å². The van der Waals surface area contributed by atoms with Gasteiger partial charge in [-0.3, -0.25) is 4.79 Å². The van der Waals surface area contributed by atoms with E-state index in [2.05, 4.69) is 29.8 Å². The predicted octanol–water partition coefficient (Wildman–Crippen LogP) is 3.92. The molecule has 4 nitrogen and oxygen atoms in total. The highest BCUT2D eigenvalue weighted by molar-refractivity contribution is 5.82. The Morgan fingerprint density at radius 2 is 1.86 bits per heavy atom. The fourth-order valence-electron chi connectivity index (χ4n) is 2.46. The molecule has 0 spiro atoms. The van der Waals surface area contributed by atoms with Crippen molar-refractivity contribution in [1.29, 1.82) is 0 Å². The van der Waals surface area contributed by atoms with Crippen LogP contribution in [0.15, 0.2) is 24.3 Å².